The third-order valence-corrected chi connectivity index (χ3v) is 15.8. The second kappa shape index (κ2) is 15.4. The third-order valence-electron chi connectivity index (χ3n) is 13.3. The highest BCUT2D eigenvalue weighted by Gasteiger charge is 2.66. The summed E-state index contributed by atoms with van der Waals surface area (Å²) in [4.78, 5) is 48.1. The van der Waals surface area contributed by atoms with Crippen LogP contribution in [0.1, 0.15) is 54.5 Å². The van der Waals surface area contributed by atoms with Crippen LogP contribution in [-0.4, -0.2) is 83.0 Å². The molecule has 12 nitrogen and oxygen atoms in total. The van der Waals surface area contributed by atoms with Crippen LogP contribution in [0.4, 0.5) is 17.1 Å². The van der Waals surface area contributed by atoms with Gasteiger partial charge in [0.05, 0.1) is 43.2 Å². The van der Waals surface area contributed by atoms with E-state index in [1.54, 1.807) is 4.68 Å². The Morgan fingerprint density at radius 1 is 0.898 bits per heavy atom. The lowest BCUT2D eigenvalue weighted by Crippen LogP contribution is -2.55. The summed E-state index contributed by atoms with van der Waals surface area (Å²) in [7, 11) is -2.97. The van der Waals surface area contributed by atoms with Crippen molar-refractivity contribution in [1.82, 2.24) is 20.3 Å². The first-order valence-electron chi connectivity index (χ1n) is 20.9. The third kappa shape index (κ3) is 6.69. The summed E-state index contributed by atoms with van der Waals surface area (Å²) < 4.78 is 9.00. The molecule has 0 radical (unpaired) electrons. The number of fused-ring (bicyclic) bond motifs is 2. The summed E-state index contributed by atoms with van der Waals surface area (Å²) >= 11 is 0. The molecule has 2 spiro atoms. The van der Waals surface area contributed by atoms with Crippen molar-refractivity contribution in [3.63, 3.8) is 0 Å². The van der Waals surface area contributed by atoms with E-state index in [9.17, 15) is 14.7 Å². The molecule has 0 aliphatic carbocycles. The lowest BCUT2D eigenvalue weighted by atomic mass is 9.82. The maximum absolute atomic E-state index is 15.3. The van der Waals surface area contributed by atoms with Gasteiger partial charge in [0.2, 0.25) is 0 Å². The van der Waals surface area contributed by atoms with Gasteiger partial charge in [0, 0.05) is 41.1 Å². The molecule has 2 amide bonds. The lowest BCUT2D eigenvalue weighted by molar-refractivity contribution is -0.146. The summed E-state index contributed by atoms with van der Waals surface area (Å²) in [5, 5.41) is 22.6. The molecule has 4 aliphatic rings. The molecule has 13 heteroatoms. The number of hydrogen-bond acceptors (Lipinski definition) is 9. The van der Waals surface area contributed by atoms with E-state index in [1.807, 2.05) is 126 Å². The van der Waals surface area contributed by atoms with Gasteiger partial charge in [-0.05, 0) is 86.9 Å². The summed E-state index contributed by atoms with van der Waals surface area (Å²) in [6.45, 7) is 8.50. The molecule has 306 valence electrons. The first-order valence-corrected chi connectivity index (χ1v) is 23.9. The van der Waals surface area contributed by atoms with E-state index < -0.39 is 25.6 Å². The summed E-state index contributed by atoms with van der Waals surface area (Å²) in [5.74, 6) is -0.783. The van der Waals surface area contributed by atoms with Crippen molar-refractivity contribution in [2.75, 3.05) is 41.1 Å². The minimum atomic E-state index is -2.97. The predicted octanol–water partition coefficient (Wildman–Crippen LogP) is 5.77. The van der Waals surface area contributed by atoms with E-state index in [0.717, 1.165) is 46.8 Å². The lowest BCUT2D eigenvalue weighted by Gasteiger charge is -2.39. The largest absolute Gasteiger partial charge is 0.432 e. The number of aliphatic hydroxyl groups excluding tert-OH is 1. The quantitative estimate of drug-likeness (QED) is 0.142. The fourth-order valence-corrected chi connectivity index (χ4v) is 13.1. The number of hydrogen-bond donors (Lipinski definition) is 3. The Labute approximate surface area is 346 Å². The number of ether oxygens (including phenoxy) is 1. The molecule has 0 saturated carbocycles. The number of benzene rings is 4. The molecule has 9 rings (SSSR count). The monoisotopic (exact) mass is 811 g/mol. The number of piperidine rings is 1. The molecule has 0 bridgehead atoms. The second-order valence-electron chi connectivity index (χ2n) is 17.2. The normalized spacial score (nSPS) is 24.4. The molecule has 5 aromatic rings. The van der Waals surface area contributed by atoms with Gasteiger partial charge in [0.25, 0.3) is 11.8 Å². The summed E-state index contributed by atoms with van der Waals surface area (Å²) in [5.41, 5.74) is 3.47. The number of rotatable bonds is 11. The van der Waals surface area contributed by atoms with Gasteiger partial charge in [-0.15, -0.1) is 5.10 Å². The fourth-order valence-electron chi connectivity index (χ4n) is 10.5. The van der Waals surface area contributed by atoms with Crippen molar-refractivity contribution < 1.29 is 24.2 Å². The first kappa shape index (κ1) is 39.3. The van der Waals surface area contributed by atoms with Crippen molar-refractivity contribution in [2.45, 2.75) is 81.1 Å². The molecular formula is C46H53N7O5Si. The Balaban J connectivity index is 1.08. The number of aryl methyl sites for hydroxylation is 1. The number of para-hydroxylation sites is 1. The topological polar surface area (TPSA) is 136 Å². The molecule has 1 unspecified atom stereocenters. The Morgan fingerprint density at radius 2 is 1.58 bits per heavy atom. The standard InChI is InChI=1S/C46H53N7O5Si/c1-32-42(59(2,3)57)41(21-26-50-29-39(48-49-50)37(30-54)34-15-9-5-10-16-34)58-46(32)38-27-36(19-20-40(38)51(44(46)56)28-33-13-7-4-8-14-33)52-31-53(35-17-11-6-12-18-35)45(43(52)55)22-24-47-25-23-45/h4-20,27,29,32,37,41-42,47,54,57H,21-26,28,30-31H2,1-3H3/t32-,37?,41+,42-,46+/m0/s1. The highest BCUT2D eigenvalue weighted by molar-refractivity contribution is 6.71. The number of carbonyl (C=O) groups excluding carboxylic acids is 2. The molecule has 1 aromatic heterocycles. The number of anilines is 3. The molecule has 4 aliphatic heterocycles. The van der Waals surface area contributed by atoms with Crippen LogP contribution < -0.4 is 20.0 Å². The fraction of sp³-hybridized carbons (Fsp3) is 0.391. The van der Waals surface area contributed by atoms with Gasteiger partial charge in [-0.25, -0.2) is 0 Å². The van der Waals surface area contributed by atoms with Crippen LogP contribution in [0, 0.1) is 5.92 Å². The zero-order chi connectivity index (χ0) is 40.9. The number of nitrogens with zero attached hydrogens (tertiary/aromatic N) is 6. The molecule has 3 fully saturated rings. The first-order chi connectivity index (χ1) is 28.5. The van der Waals surface area contributed by atoms with Gasteiger partial charge in [-0.3, -0.25) is 19.2 Å². The van der Waals surface area contributed by atoms with Crippen LogP contribution in [0.25, 0.3) is 0 Å². The van der Waals surface area contributed by atoms with Crippen LogP contribution in [0.15, 0.2) is 115 Å². The van der Waals surface area contributed by atoms with E-state index in [1.165, 1.54) is 0 Å². The molecular weight excluding hydrogens is 759 g/mol. The van der Waals surface area contributed by atoms with Gasteiger partial charge in [0.15, 0.2) is 13.9 Å². The average molecular weight is 812 g/mol. The highest BCUT2D eigenvalue weighted by Crippen LogP contribution is 2.60. The van der Waals surface area contributed by atoms with Crippen molar-refractivity contribution in [3.05, 3.63) is 138 Å². The zero-order valence-electron chi connectivity index (χ0n) is 33.9. The van der Waals surface area contributed by atoms with Crippen LogP contribution in [0.2, 0.25) is 18.6 Å². The van der Waals surface area contributed by atoms with Gasteiger partial charge in [-0.2, -0.15) is 0 Å². The number of aliphatic hydroxyl groups is 1. The Bertz CT molecular complexity index is 2300. The van der Waals surface area contributed by atoms with Crippen molar-refractivity contribution >= 4 is 37.2 Å². The molecule has 3 saturated heterocycles. The van der Waals surface area contributed by atoms with Gasteiger partial charge in [-0.1, -0.05) is 91.0 Å². The smallest absolute Gasteiger partial charge is 0.264 e. The number of amides is 2. The Kier molecular flexibility index (Phi) is 10.3. The van der Waals surface area contributed by atoms with Gasteiger partial charge < -0.3 is 29.8 Å². The molecule has 59 heavy (non-hydrogen) atoms. The Hall–Kier alpha value is -5.18. The van der Waals surface area contributed by atoms with Crippen LogP contribution in [0.5, 0.6) is 0 Å². The Morgan fingerprint density at radius 3 is 2.25 bits per heavy atom. The molecule has 4 aromatic carbocycles. The average Bonchev–Trinajstić information content (AvgIpc) is 3.97. The van der Waals surface area contributed by atoms with E-state index >= 15 is 4.79 Å². The number of nitrogens with one attached hydrogen (secondary N) is 1. The SMILES string of the molecule is C[C@H]1[C@H]([Si](C)(C)O)[C@@H](CCn2cc(C(CO)c3ccccc3)nn2)O[C@]12C(=O)N(Cc1ccccc1)c1ccc(N3CN(c4ccccc4)C4(CCNCC4)C3=O)cc12. The highest BCUT2D eigenvalue weighted by atomic mass is 28.4. The van der Waals surface area contributed by atoms with Crippen LogP contribution >= 0.6 is 0 Å². The number of aromatic nitrogens is 3. The van der Waals surface area contributed by atoms with E-state index in [2.05, 4.69) is 39.6 Å². The molecule has 3 N–H and O–H groups in total. The minimum Gasteiger partial charge on any atom is -0.432 e. The van der Waals surface area contributed by atoms with Gasteiger partial charge >= 0.3 is 0 Å². The maximum Gasteiger partial charge on any atom is 0.264 e. The van der Waals surface area contributed by atoms with Crippen molar-refractivity contribution in [1.29, 1.82) is 0 Å². The molecule has 5 heterocycles. The van der Waals surface area contributed by atoms with Crippen molar-refractivity contribution in [3.8, 4) is 0 Å². The van der Waals surface area contributed by atoms with Crippen molar-refractivity contribution in [2.24, 2.45) is 5.92 Å². The maximum atomic E-state index is 15.3. The summed E-state index contributed by atoms with van der Waals surface area (Å²) in [6, 6.07) is 35.9. The van der Waals surface area contributed by atoms with E-state index in [4.69, 9.17) is 4.74 Å². The zero-order valence-corrected chi connectivity index (χ0v) is 34.9. The van der Waals surface area contributed by atoms with Gasteiger partial charge in [0.1, 0.15) is 5.54 Å². The molecule has 5 atom stereocenters. The van der Waals surface area contributed by atoms with Crippen LogP contribution in [-0.2, 0) is 33.0 Å². The van der Waals surface area contributed by atoms with E-state index in [0.29, 0.717) is 44.7 Å². The second-order valence-corrected chi connectivity index (χ2v) is 21.2. The predicted molar refractivity (Wildman–Crippen MR) is 229 cm³/mol. The minimum absolute atomic E-state index is 0.0604. The van der Waals surface area contributed by atoms with E-state index in [-0.39, 0.29) is 35.8 Å². The summed E-state index contributed by atoms with van der Waals surface area (Å²) in [6.07, 6.45) is 3.26. The number of carbonyl (C=O) groups is 2. The van der Waals surface area contributed by atoms with Crippen LogP contribution in [0.3, 0.4) is 0 Å².